The Kier molecular flexibility index (Phi) is 4.21. The molecule has 96 valence electrons. The predicted molar refractivity (Wildman–Crippen MR) is 71.0 cm³/mol. The zero-order chi connectivity index (χ0) is 12.3. The topological polar surface area (TPSA) is 54.7 Å². The van der Waals surface area contributed by atoms with Crippen molar-refractivity contribution in [2.75, 3.05) is 0 Å². The zero-order valence-corrected chi connectivity index (χ0v) is 11.1. The predicted octanol–water partition coefficient (Wildman–Crippen LogP) is 2.73. The molecule has 0 bridgehead atoms. The summed E-state index contributed by atoms with van der Waals surface area (Å²) in [6, 6.07) is 0.270. The summed E-state index contributed by atoms with van der Waals surface area (Å²) < 4.78 is 0. The van der Waals surface area contributed by atoms with Gasteiger partial charge in [0, 0.05) is 11.7 Å². The molecular formula is C14H25N3. The summed E-state index contributed by atoms with van der Waals surface area (Å²) in [4.78, 5) is 0. The number of aromatic nitrogens is 2. The van der Waals surface area contributed by atoms with E-state index >= 15 is 0 Å². The second-order valence-corrected chi connectivity index (χ2v) is 5.64. The Morgan fingerprint density at radius 1 is 1.41 bits per heavy atom. The fraction of sp³-hybridized carbons (Fsp3) is 0.786. The van der Waals surface area contributed by atoms with Gasteiger partial charge in [0.2, 0.25) is 0 Å². The van der Waals surface area contributed by atoms with Crippen molar-refractivity contribution in [1.82, 2.24) is 10.2 Å². The number of nitrogens with two attached hydrogens (primary N) is 1. The maximum absolute atomic E-state index is 5.82. The molecule has 3 N–H and O–H groups in total. The molecule has 1 heterocycles. The fourth-order valence-electron chi connectivity index (χ4n) is 2.85. The maximum Gasteiger partial charge on any atom is 0.0657 e. The van der Waals surface area contributed by atoms with E-state index in [9.17, 15) is 0 Å². The number of nitrogens with one attached hydrogen (secondary N) is 1. The van der Waals surface area contributed by atoms with Gasteiger partial charge < -0.3 is 5.73 Å². The molecule has 2 rings (SSSR count). The SMILES string of the molecule is Cc1[nH]nc(CCC(C)N)c1CC1CCCC1. The largest absolute Gasteiger partial charge is 0.328 e. The minimum absolute atomic E-state index is 0.270. The lowest BCUT2D eigenvalue weighted by atomic mass is 9.95. The molecule has 1 aromatic rings. The molecule has 0 radical (unpaired) electrons. The first-order chi connectivity index (χ1) is 8.16. The molecule has 0 spiro atoms. The van der Waals surface area contributed by atoms with E-state index in [0.717, 1.165) is 18.8 Å². The van der Waals surface area contributed by atoms with Crippen molar-refractivity contribution in [3.63, 3.8) is 0 Å². The lowest BCUT2D eigenvalue weighted by Crippen LogP contribution is -2.16. The quantitative estimate of drug-likeness (QED) is 0.824. The van der Waals surface area contributed by atoms with E-state index < -0.39 is 0 Å². The first-order valence-electron chi connectivity index (χ1n) is 6.95. The number of hydrogen-bond donors (Lipinski definition) is 2. The van der Waals surface area contributed by atoms with E-state index in [0.29, 0.717) is 0 Å². The standard InChI is InChI=1S/C14H25N3/c1-10(15)7-8-14-13(11(2)16-17-14)9-12-5-3-4-6-12/h10,12H,3-9,15H2,1-2H3,(H,16,17). The van der Waals surface area contributed by atoms with Crippen LogP contribution in [0.1, 0.15) is 56.0 Å². The molecule has 1 fully saturated rings. The van der Waals surface area contributed by atoms with Crippen molar-refractivity contribution in [3.05, 3.63) is 17.0 Å². The molecule has 1 aliphatic carbocycles. The van der Waals surface area contributed by atoms with Crippen LogP contribution in [0.2, 0.25) is 0 Å². The summed E-state index contributed by atoms with van der Waals surface area (Å²) in [5.74, 6) is 0.889. The molecule has 0 saturated heterocycles. The zero-order valence-electron chi connectivity index (χ0n) is 11.1. The van der Waals surface area contributed by atoms with Crippen molar-refractivity contribution >= 4 is 0 Å². The molecule has 1 aromatic heterocycles. The fourth-order valence-corrected chi connectivity index (χ4v) is 2.85. The number of aromatic amines is 1. The molecule has 1 unspecified atom stereocenters. The minimum Gasteiger partial charge on any atom is -0.328 e. The van der Waals surface area contributed by atoms with Crippen LogP contribution in [-0.4, -0.2) is 16.2 Å². The highest BCUT2D eigenvalue weighted by Crippen LogP contribution is 2.29. The monoisotopic (exact) mass is 235 g/mol. The van der Waals surface area contributed by atoms with Crippen LogP contribution < -0.4 is 5.73 Å². The Hall–Kier alpha value is -0.830. The minimum atomic E-state index is 0.270. The number of aryl methyl sites for hydroxylation is 2. The average molecular weight is 235 g/mol. The Morgan fingerprint density at radius 3 is 2.76 bits per heavy atom. The Labute approximate surface area is 104 Å². The van der Waals surface area contributed by atoms with Crippen LogP contribution in [0.3, 0.4) is 0 Å². The van der Waals surface area contributed by atoms with Gasteiger partial charge in [0.25, 0.3) is 0 Å². The number of nitrogens with zero attached hydrogens (tertiary/aromatic N) is 1. The number of hydrogen-bond acceptors (Lipinski definition) is 2. The van der Waals surface area contributed by atoms with Crippen LogP contribution in [0.4, 0.5) is 0 Å². The summed E-state index contributed by atoms with van der Waals surface area (Å²) >= 11 is 0. The molecule has 3 nitrogen and oxygen atoms in total. The Bertz CT molecular complexity index is 348. The third kappa shape index (κ3) is 3.32. The molecule has 0 aliphatic heterocycles. The lowest BCUT2D eigenvalue weighted by molar-refractivity contribution is 0.541. The van der Waals surface area contributed by atoms with Crippen molar-refractivity contribution < 1.29 is 0 Å². The molecule has 1 atom stereocenters. The van der Waals surface area contributed by atoms with Gasteiger partial charge in [-0.05, 0) is 44.6 Å². The van der Waals surface area contributed by atoms with Crippen LogP contribution in [0.5, 0.6) is 0 Å². The van der Waals surface area contributed by atoms with Crippen LogP contribution in [0.15, 0.2) is 0 Å². The molecule has 1 saturated carbocycles. The molecule has 1 aliphatic rings. The second kappa shape index (κ2) is 5.67. The van der Waals surface area contributed by atoms with E-state index in [1.54, 1.807) is 0 Å². The van der Waals surface area contributed by atoms with Gasteiger partial charge in [0.15, 0.2) is 0 Å². The van der Waals surface area contributed by atoms with Gasteiger partial charge in [-0.1, -0.05) is 25.7 Å². The smallest absolute Gasteiger partial charge is 0.0657 e. The summed E-state index contributed by atoms with van der Waals surface area (Å²) in [6.07, 6.45) is 8.89. The van der Waals surface area contributed by atoms with E-state index in [2.05, 4.69) is 24.0 Å². The van der Waals surface area contributed by atoms with Gasteiger partial charge in [0.05, 0.1) is 5.69 Å². The highest BCUT2D eigenvalue weighted by molar-refractivity contribution is 5.25. The third-order valence-electron chi connectivity index (χ3n) is 3.96. The molecule has 17 heavy (non-hydrogen) atoms. The maximum atomic E-state index is 5.82. The normalized spacial score (nSPS) is 18.8. The number of rotatable bonds is 5. The van der Waals surface area contributed by atoms with Gasteiger partial charge in [-0.15, -0.1) is 0 Å². The van der Waals surface area contributed by atoms with Crippen LogP contribution in [0, 0.1) is 12.8 Å². The third-order valence-corrected chi connectivity index (χ3v) is 3.96. The van der Waals surface area contributed by atoms with Crippen molar-refractivity contribution in [3.8, 4) is 0 Å². The molecular weight excluding hydrogens is 210 g/mol. The Balaban J connectivity index is 2.00. The average Bonchev–Trinajstić information content (AvgIpc) is 2.89. The van der Waals surface area contributed by atoms with Crippen molar-refractivity contribution in [2.24, 2.45) is 11.7 Å². The van der Waals surface area contributed by atoms with E-state index in [4.69, 9.17) is 5.73 Å². The molecule has 0 aromatic carbocycles. The van der Waals surface area contributed by atoms with E-state index in [1.807, 2.05) is 0 Å². The molecule has 0 amide bonds. The van der Waals surface area contributed by atoms with Crippen LogP contribution in [-0.2, 0) is 12.8 Å². The summed E-state index contributed by atoms with van der Waals surface area (Å²) in [5.41, 5.74) is 9.81. The first kappa shape index (κ1) is 12.6. The summed E-state index contributed by atoms with van der Waals surface area (Å²) in [5, 5.41) is 7.59. The van der Waals surface area contributed by atoms with Gasteiger partial charge in [-0.2, -0.15) is 5.10 Å². The van der Waals surface area contributed by atoms with Gasteiger partial charge >= 0.3 is 0 Å². The van der Waals surface area contributed by atoms with Gasteiger partial charge in [-0.3, -0.25) is 5.10 Å². The van der Waals surface area contributed by atoms with Crippen molar-refractivity contribution in [1.29, 1.82) is 0 Å². The first-order valence-corrected chi connectivity index (χ1v) is 6.95. The summed E-state index contributed by atoms with van der Waals surface area (Å²) in [7, 11) is 0. The van der Waals surface area contributed by atoms with E-state index in [1.165, 1.54) is 49.1 Å². The van der Waals surface area contributed by atoms with Gasteiger partial charge in [-0.25, -0.2) is 0 Å². The molecule has 3 heteroatoms. The summed E-state index contributed by atoms with van der Waals surface area (Å²) in [6.45, 7) is 4.21. The van der Waals surface area contributed by atoms with Crippen molar-refractivity contribution in [2.45, 2.75) is 64.8 Å². The second-order valence-electron chi connectivity index (χ2n) is 5.64. The highest BCUT2D eigenvalue weighted by Gasteiger charge is 2.19. The lowest BCUT2D eigenvalue weighted by Gasteiger charge is -2.10. The highest BCUT2D eigenvalue weighted by atomic mass is 15.1. The number of H-pyrrole nitrogens is 1. The Morgan fingerprint density at radius 2 is 2.12 bits per heavy atom. The van der Waals surface area contributed by atoms with E-state index in [-0.39, 0.29) is 6.04 Å². The van der Waals surface area contributed by atoms with Crippen LogP contribution in [0.25, 0.3) is 0 Å². The van der Waals surface area contributed by atoms with Gasteiger partial charge in [0.1, 0.15) is 0 Å². The van der Waals surface area contributed by atoms with Crippen LogP contribution >= 0.6 is 0 Å².